The van der Waals surface area contributed by atoms with Crippen LogP contribution in [0.15, 0.2) is 24.6 Å². The van der Waals surface area contributed by atoms with Gasteiger partial charge in [0.2, 0.25) is 0 Å². The molecule has 1 N–H and O–H groups in total. The second-order valence-corrected chi connectivity index (χ2v) is 2.10. The first-order chi connectivity index (χ1) is 4.34. The molecule has 0 radical (unpaired) electrons. The van der Waals surface area contributed by atoms with Gasteiger partial charge in [-0.3, -0.25) is 5.32 Å². The number of allylic oxidation sites excluding steroid dienone is 1. The minimum absolute atomic E-state index is 0.906. The molecule has 1 fully saturated rings. The predicted molar refractivity (Wildman–Crippen MR) is 38.7 cm³/mol. The van der Waals surface area contributed by atoms with E-state index >= 15 is 0 Å². The summed E-state index contributed by atoms with van der Waals surface area (Å²) in [5, 5.41) is 3.18. The minimum Gasteiger partial charge on any atom is -0.338 e. The van der Waals surface area contributed by atoms with Gasteiger partial charge in [-0.05, 0) is 6.92 Å². The van der Waals surface area contributed by atoms with E-state index in [0.29, 0.717) is 0 Å². The molecule has 1 aliphatic heterocycles. The van der Waals surface area contributed by atoms with Crippen LogP contribution in [-0.2, 0) is 0 Å². The van der Waals surface area contributed by atoms with Crippen molar-refractivity contribution in [3.63, 3.8) is 0 Å². The van der Waals surface area contributed by atoms with E-state index in [0.717, 1.165) is 18.9 Å². The Morgan fingerprint density at radius 3 is 3.00 bits per heavy atom. The summed E-state index contributed by atoms with van der Waals surface area (Å²) in [5.74, 6) is 0. The van der Waals surface area contributed by atoms with Crippen molar-refractivity contribution >= 4 is 0 Å². The van der Waals surface area contributed by atoms with Gasteiger partial charge in [0.1, 0.15) is 0 Å². The van der Waals surface area contributed by atoms with Crippen LogP contribution < -0.4 is 5.32 Å². The molecular formula is C7H12N2. The van der Waals surface area contributed by atoms with Gasteiger partial charge in [0.25, 0.3) is 0 Å². The van der Waals surface area contributed by atoms with Crippen LogP contribution in [-0.4, -0.2) is 18.1 Å². The average molecular weight is 124 g/mol. The monoisotopic (exact) mass is 124 g/mol. The van der Waals surface area contributed by atoms with Crippen molar-refractivity contribution in [1.29, 1.82) is 0 Å². The summed E-state index contributed by atoms with van der Waals surface area (Å²) < 4.78 is 0. The van der Waals surface area contributed by atoms with Crippen LogP contribution in [0.1, 0.15) is 6.92 Å². The summed E-state index contributed by atoms with van der Waals surface area (Å²) in [4.78, 5) is 2.10. The van der Waals surface area contributed by atoms with Crippen molar-refractivity contribution in [2.24, 2.45) is 0 Å². The van der Waals surface area contributed by atoms with Crippen LogP contribution in [0.5, 0.6) is 0 Å². The Hall–Kier alpha value is -0.760. The van der Waals surface area contributed by atoms with E-state index in [9.17, 15) is 0 Å². The lowest BCUT2D eigenvalue weighted by Crippen LogP contribution is -2.13. The first kappa shape index (κ1) is 6.36. The Morgan fingerprint density at radius 2 is 2.56 bits per heavy atom. The Bertz CT molecular complexity index is 138. The van der Waals surface area contributed by atoms with Gasteiger partial charge < -0.3 is 4.90 Å². The van der Waals surface area contributed by atoms with Crippen LogP contribution in [0.3, 0.4) is 0 Å². The molecule has 0 amide bonds. The summed E-state index contributed by atoms with van der Waals surface area (Å²) in [6, 6.07) is 0. The lowest BCUT2D eigenvalue weighted by molar-refractivity contribution is 0.517. The maximum atomic E-state index is 3.87. The Labute approximate surface area is 55.9 Å². The first-order valence-corrected chi connectivity index (χ1v) is 3.12. The number of hydrogen-bond acceptors (Lipinski definition) is 2. The fourth-order valence-corrected chi connectivity index (χ4v) is 0.872. The summed E-state index contributed by atoms with van der Waals surface area (Å²) >= 11 is 0. The molecule has 0 atom stereocenters. The van der Waals surface area contributed by atoms with Gasteiger partial charge in [0.15, 0.2) is 0 Å². The second kappa shape index (κ2) is 2.69. The molecule has 0 aliphatic carbocycles. The molecule has 0 bridgehead atoms. The molecule has 0 aromatic rings. The van der Waals surface area contributed by atoms with Gasteiger partial charge in [0, 0.05) is 18.4 Å². The molecule has 50 valence electrons. The average Bonchev–Trinajstić information content (AvgIpc) is 2.18. The fourth-order valence-electron chi connectivity index (χ4n) is 0.872. The highest BCUT2D eigenvalue weighted by Gasteiger charge is 2.09. The highest BCUT2D eigenvalue weighted by molar-refractivity contribution is 5.05. The maximum absolute atomic E-state index is 3.87. The lowest BCUT2D eigenvalue weighted by Gasteiger charge is -2.10. The third-order valence-corrected chi connectivity index (χ3v) is 1.35. The Balaban J connectivity index is 2.49. The van der Waals surface area contributed by atoms with Crippen molar-refractivity contribution in [2.45, 2.75) is 6.92 Å². The van der Waals surface area contributed by atoms with Gasteiger partial charge in [-0.25, -0.2) is 0 Å². The molecule has 2 nitrogen and oxygen atoms in total. The summed E-state index contributed by atoms with van der Waals surface area (Å²) in [6.07, 6.45) is 4.04. The normalized spacial score (nSPS) is 20.1. The molecule has 0 spiro atoms. The van der Waals surface area contributed by atoms with Gasteiger partial charge in [0.05, 0.1) is 6.67 Å². The van der Waals surface area contributed by atoms with Crippen molar-refractivity contribution in [3.05, 3.63) is 24.6 Å². The van der Waals surface area contributed by atoms with Crippen molar-refractivity contribution < 1.29 is 0 Å². The topological polar surface area (TPSA) is 15.3 Å². The third kappa shape index (κ3) is 1.33. The van der Waals surface area contributed by atoms with E-state index in [4.69, 9.17) is 0 Å². The number of rotatable bonds is 1. The van der Waals surface area contributed by atoms with Crippen molar-refractivity contribution in [3.8, 4) is 0 Å². The predicted octanol–water partition coefficient (Wildman–Crippen LogP) is 0.896. The molecule has 0 aromatic carbocycles. The highest BCUT2D eigenvalue weighted by Crippen LogP contribution is 2.04. The number of nitrogens with zero attached hydrogens (tertiary/aromatic N) is 1. The standard InChI is InChI=1S/C7H12N2/c1-3-4-9-6-8-5-7(9)2/h3-4,8H,2,5-6H2,1H3. The van der Waals surface area contributed by atoms with Crippen LogP contribution in [0, 0.1) is 0 Å². The molecule has 2 heteroatoms. The lowest BCUT2D eigenvalue weighted by atomic mass is 10.5. The fraction of sp³-hybridized carbons (Fsp3) is 0.429. The third-order valence-electron chi connectivity index (χ3n) is 1.35. The zero-order valence-corrected chi connectivity index (χ0v) is 5.72. The molecule has 1 aliphatic rings. The van der Waals surface area contributed by atoms with Gasteiger partial charge >= 0.3 is 0 Å². The molecule has 0 aromatic heterocycles. The van der Waals surface area contributed by atoms with Gasteiger partial charge in [-0.15, -0.1) is 0 Å². The largest absolute Gasteiger partial charge is 0.338 e. The van der Waals surface area contributed by atoms with E-state index in [-0.39, 0.29) is 0 Å². The van der Waals surface area contributed by atoms with E-state index in [2.05, 4.69) is 16.8 Å². The first-order valence-electron chi connectivity index (χ1n) is 3.12. The quantitative estimate of drug-likeness (QED) is 0.558. The van der Waals surface area contributed by atoms with Crippen LogP contribution in [0.25, 0.3) is 0 Å². The highest BCUT2D eigenvalue weighted by atomic mass is 15.3. The summed E-state index contributed by atoms with van der Waals surface area (Å²) in [7, 11) is 0. The minimum atomic E-state index is 0.906. The van der Waals surface area contributed by atoms with Gasteiger partial charge in [-0.1, -0.05) is 12.7 Å². The molecule has 1 rings (SSSR count). The van der Waals surface area contributed by atoms with E-state index < -0.39 is 0 Å². The maximum Gasteiger partial charge on any atom is 0.0725 e. The SMILES string of the molecule is C=C1CNCN1C=CC. The zero-order valence-electron chi connectivity index (χ0n) is 5.72. The second-order valence-electron chi connectivity index (χ2n) is 2.10. The van der Waals surface area contributed by atoms with Crippen molar-refractivity contribution in [1.82, 2.24) is 10.2 Å². The smallest absolute Gasteiger partial charge is 0.0725 e. The van der Waals surface area contributed by atoms with Crippen LogP contribution >= 0.6 is 0 Å². The molecule has 0 unspecified atom stereocenters. The zero-order chi connectivity index (χ0) is 6.69. The number of hydrogen-bond donors (Lipinski definition) is 1. The van der Waals surface area contributed by atoms with E-state index in [1.807, 2.05) is 19.2 Å². The molecular weight excluding hydrogens is 112 g/mol. The van der Waals surface area contributed by atoms with Crippen LogP contribution in [0.2, 0.25) is 0 Å². The van der Waals surface area contributed by atoms with Gasteiger partial charge in [-0.2, -0.15) is 0 Å². The molecule has 0 saturated carbocycles. The van der Waals surface area contributed by atoms with E-state index in [1.165, 1.54) is 0 Å². The van der Waals surface area contributed by atoms with Crippen LogP contribution in [0.4, 0.5) is 0 Å². The number of nitrogens with one attached hydrogen (secondary N) is 1. The summed E-state index contributed by atoms with van der Waals surface area (Å²) in [5.41, 5.74) is 1.15. The molecule has 9 heavy (non-hydrogen) atoms. The Kier molecular flexibility index (Phi) is 1.90. The Morgan fingerprint density at radius 1 is 1.78 bits per heavy atom. The van der Waals surface area contributed by atoms with E-state index in [1.54, 1.807) is 0 Å². The summed E-state index contributed by atoms with van der Waals surface area (Å²) in [6.45, 7) is 7.70. The van der Waals surface area contributed by atoms with Crippen molar-refractivity contribution in [2.75, 3.05) is 13.2 Å². The molecule has 1 heterocycles. The molecule has 1 saturated heterocycles.